The molecule has 0 fully saturated rings. The van der Waals surface area contributed by atoms with E-state index in [1.54, 1.807) is 20.3 Å². The van der Waals surface area contributed by atoms with E-state index in [9.17, 15) is 5.11 Å². The number of ether oxygens (including phenoxy) is 2. The van der Waals surface area contributed by atoms with E-state index in [2.05, 4.69) is 21.1 Å². The molecule has 1 heterocycles. The summed E-state index contributed by atoms with van der Waals surface area (Å²) in [6.45, 7) is -0.191. The molecule has 1 N–H and O–H groups in total. The third-order valence-electron chi connectivity index (χ3n) is 3.68. The van der Waals surface area contributed by atoms with Crippen molar-refractivity contribution in [3.8, 4) is 34.1 Å². The molecule has 0 aliphatic carbocycles. The van der Waals surface area contributed by atoms with Crippen LogP contribution in [0.4, 0.5) is 0 Å². The van der Waals surface area contributed by atoms with Crippen LogP contribution in [-0.4, -0.2) is 24.5 Å². The lowest BCUT2D eigenvalue weighted by atomic mass is 10.0. The maximum atomic E-state index is 9.85. The third kappa shape index (κ3) is 3.16. The molecule has 5 nitrogen and oxygen atoms in total. The molecule has 0 atom stereocenters. The van der Waals surface area contributed by atoms with E-state index in [4.69, 9.17) is 14.0 Å². The van der Waals surface area contributed by atoms with Crippen molar-refractivity contribution in [2.45, 2.75) is 6.61 Å². The quantitative estimate of drug-likeness (QED) is 0.705. The third-order valence-corrected chi connectivity index (χ3v) is 4.21. The number of nitrogens with zero attached hydrogens (tertiary/aromatic N) is 1. The summed E-state index contributed by atoms with van der Waals surface area (Å²) in [6, 6.07) is 13.1. The van der Waals surface area contributed by atoms with Gasteiger partial charge in [-0.25, -0.2) is 0 Å². The lowest BCUT2D eigenvalue weighted by Crippen LogP contribution is -1.91. The molecule has 1 aromatic heterocycles. The molecule has 0 bridgehead atoms. The van der Waals surface area contributed by atoms with Gasteiger partial charge in [-0.1, -0.05) is 33.2 Å². The molecule has 0 aliphatic rings. The Hall–Kier alpha value is -2.31. The number of benzene rings is 2. The normalized spacial score (nSPS) is 10.7. The van der Waals surface area contributed by atoms with E-state index in [-0.39, 0.29) is 6.61 Å². The first-order valence-corrected chi connectivity index (χ1v) is 8.04. The van der Waals surface area contributed by atoms with Gasteiger partial charge in [0.1, 0.15) is 17.2 Å². The number of aliphatic hydroxyl groups is 1. The Bertz CT molecular complexity index is 820. The highest BCUT2D eigenvalue weighted by atomic mass is 79.9. The first-order valence-electron chi connectivity index (χ1n) is 7.25. The molecule has 2 aromatic carbocycles. The van der Waals surface area contributed by atoms with Gasteiger partial charge in [0, 0.05) is 21.7 Å². The summed E-state index contributed by atoms with van der Waals surface area (Å²) < 4.78 is 17.1. The Morgan fingerprint density at radius 3 is 2.17 bits per heavy atom. The first-order chi connectivity index (χ1) is 11.7. The number of rotatable bonds is 5. The van der Waals surface area contributed by atoms with Crippen LogP contribution in [0.2, 0.25) is 0 Å². The van der Waals surface area contributed by atoms with Crippen molar-refractivity contribution in [3.05, 3.63) is 52.5 Å². The van der Waals surface area contributed by atoms with E-state index in [0.29, 0.717) is 28.5 Å². The summed E-state index contributed by atoms with van der Waals surface area (Å²) in [7, 11) is 3.16. The molecule has 0 saturated heterocycles. The Morgan fingerprint density at radius 1 is 1.00 bits per heavy atom. The van der Waals surface area contributed by atoms with Crippen LogP contribution in [0.15, 0.2) is 51.5 Å². The summed E-state index contributed by atoms with van der Waals surface area (Å²) in [4.78, 5) is 0. The molecule has 0 amide bonds. The largest absolute Gasteiger partial charge is 0.497 e. The Labute approximate surface area is 147 Å². The summed E-state index contributed by atoms with van der Waals surface area (Å²) >= 11 is 3.41. The Morgan fingerprint density at radius 2 is 1.62 bits per heavy atom. The molecule has 3 rings (SSSR count). The zero-order valence-corrected chi connectivity index (χ0v) is 14.8. The van der Waals surface area contributed by atoms with Crippen molar-refractivity contribution in [2.75, 3.05) is 14.2 Å². The fourth-order valence-corrected chi connectivity index (χ4v) is 2.72. The lowest BCUT2D eigenvalue weighted by molar-refractivity contribution is 0.281. The minimum atomic E-state index is -0.191. The lowest BCUT2D eigenvalue weighted by Gasteiger charge is -2.07. The first kappa shape index (κ1) is 16.5. The molecule has 3 aromatic rings. The Kier molecular flexibility index (Phi) is 4.87. The minimum Gasteiger partial charge on any atom is -0.497 e. The van der Waals surface area contributed by atoms with E-state index in [0.717, 1.165) is 15.6 Å². The molecule has 0 spiro atoms. The van der Waals surface area contributed by atoms with Gasteiger partial charge in [-0.3, -0.25) is 0 Å². The number of hydrogen-bond acceptors (Lipinski definition) is 5. The van der Waals surface area contributed by atoms with Gasteiger partial charge in [0.05, 0.1) is 26.4 Å². The maximum absolute atomic E-state index is 9.85. The van der Waals surface area contributed by atoms with Crippen molar-refractivity contribution in [1.82, 2.24) is 5.16 Å². The van der Waals surface area contributed by atoms with Crippen molar-refractivity contribution in [3.63, 3.8) is 0 Å². The molecule has 6 heteroatoms. The molecule has 0 saturated carbocycles. The topological polar surface area (TPSA) is 64.7 Å². The van der Waals surface area contributed by atoms with Crippen molar-refractivity contribution in [1.29, 1.82) is 0 Å². The molecule has 124 valence electrons. The molecule has 0 unspecified atom stereocenters. The smallest absolute Gasteiger partial charge is 0.173 e. The standard InChI is InChI=1S/C18H16BrNO4/c1-22-14-7-12(8-15(9-14)23-2)18-16(10-21)17(20-24-18)11-3-5-13(19)6-4-11/h3-9,21H,10H2,1-2H3. The fourth-order valence-electron chi connectivity index (χ4n) is 2.46. The Balaban J connectivity index is 2.11. The number of aliphatic hydroxyl groups excluding tert-OH is 1. The van der Waals surface area contributed by atoms with E-state index >= 15 is 0 Å². The van der Waals surface area contributed by atoms with Gasteiger partial charge >= 0.3 is 0 Å². The minimum absolute atomic E-state index is 0.191. The predicted molar refractivity (Wildman–Crippen MR) is 94.1 cm³/mol. The average Bonchev–Trinajstić information content (AvgIpc) is 3.05. The average molecular weight is 390 g/mol. The number of methoxy groups -OCH3 is 2. The number of aromatic nitrogens is 1. The van der Waals surface area contributed by atoms with E-state index in [1.165, 1.54) is 0 Å². The summed E-state index contributed by atoms with van der Waals surface area (Å²) in [5.74, 6) is 1.76. The molecular formula is C18H16BrNO4. The van der Waals surface area contributed by atoms with E-state index < -0.39 is 0 Å². The summed E-state index contributed by atoms with van der Waals surface area (Å²) in [5, 5.41) is 14.0. The highest BCUT2D eigenvalue weighted by Crippen LogP contribution is 2.36. The van der Waals surface area contributed by atoms with E-state index in [1.807, 2.05) is 36.4 Å². The molecule has 0 radical (unpaired) electrons. The van der Waals surface area contributed by atoms with Gasteiger partial charge < -0.3 is 19.1 Å². The highest BCUT2D eigenvalue weighted by molar-refractivity contribution is 9.10. The SMILES string of the molecule is COc1cc(OC)cc(-c2onc(-c3ccc(Br)cc3)c2CO)c1. The zero-order valence-electron chi connectivity index (χ0n) is 13.2. The number of halogens is 1. The van der Waals surface area contributed by atoms with Crippen molar-refractivity contribution < 1.29 is 19.1 Å². The zero-order chi connectivity index (χ0) is 17.1. The summed E-state index contributed by atoms with van der Waals surface area (Å²) in [5.41, 5.74) is 2.83. The highest BCUT2D eigenvalue weighted by Gasteiger charge is 2.19. The van der Waals surface area contributed by atoms with Crippen LogP contribution in [0.5, 0.6) is 11.5 Å². The molecule has 0 aliphatic heterocycles. The van der Waals surface area contributed by atoms with Gasteiger partial charge in [0.25, 0.3) is 0 Å². The van der Waals surface area contributed by atoms with Crippen LogP contribution in [0.25, 0.3) is 22.6 Å². The molecular weight excluding hydrogens is 374 g/mol. The number of hydrogen-bond donors (Lipinski definition) is 1. The van der Waals surface area contributed by atoms with Crippen molar-refractivity contribution >= 4 is 15.9 Å². The van der Waals surface area contributed by atoms with Gasteiger partial charge in [0.15, 0.2) is 5.76 Å². The van der Waals surface area contributed by atoms with Crippen LogP contribution < -0.4 is 9.47 Å². The second-order valence-corrected chi connectivity index (χ2v) is 6.02. The monoisotopic (exact) mass is 389 g/mol. The summed E-state index contributed by atoms with van der Waals surface area (Å²) in [6.07, 6.45) is 0. The van der Waals surface area contributed by atoms with Gasteiger partial charge in [0.2, 0.25) is 0 Å². The second kappa shape index (κ2) is 7.07. The van der Waals surface area contributed by atoms with Crippen molar-refractivity contribution in [2.24, 2.45) is 0 Å². The van der Waals surface area contributed by atoms with Gasteiger partial charge in [-0.05, 0) is 24.3 Å². The van der Waals surface area contributed by atoms with Gasteiger partial charge in [-0.2, -0.15) is 0 Å². The van der Waals surface area contributed by atoms with Crippen LogP contribution >= 0.6 is 15.9 Å². The fraction of sp³-hybridized carbons (Fsp3) is 0.167. The maximum Gasteiger partial charge on any atom is 0.173 e. The van der Waals surface area contributed by atoms with Crippen LogP contribution in [0.1, 0.15) is 5.56 Å². The van der Waals surface area contributed by atoms with Crippen LogP contribution in [-0.2, 0) is 6.61 Å². The second-order valence-electron chi connectivity index (χ2n) is 5.11. The molecule has 24 heavy (non-hydrogen) atoms. The van der Waals surface area contributed by atoms with Crippen LogP contribution in [0.3, 0.4) is 0 Å². The van der Waals surface area contributed by atoms with Crippen LogP contribution in [0, 0.1) is 0 Å². The predicted octanol–water partition coefficient (Wildman–Crippen LogP) is 4.28. The van der Waals surface area contributed by atoms with Gasteiger partial charge in [-0.15, -0.1) is 0 Å².